The van der Waals surface area contributed by atoms with Gasteiger partial charge in [-0.15, -0.1) is 0 Å². The maximum Gasteiger partial charge on any atom is 0.300 e. The molecule has 17 nitrogen and oxygen atoms in total. The number of pyridine rings is 2. The van der Waals surface area contributed by atoms with Crippen LogP contribution in [0.3, 0.4) is 0 Å². The molecule has 2 atom stereocenters. The molecule has 5 aliphatic rings. The molecule has 3 aliphatic heterocycles. The lowest BCUT2D eigenvalue weighted by Gasteiger charge is -2.57. The molecular weight excluding hydrogens is 875 g/mol. The van der Waals surface area contributed by atoms with Crippen LogP contribution in [0.15, 0.2) is 78.1 Å². The molecule has 2 saturated carbocycles. The number of fused-ring (bicyclic) bond motifs is 2. The quantitative estimate of drug-likeness (QED) is 0.0644. The molecular formula is C49H59N9O8S. The van der Waals surface area contributed by atoms with E-state index in [4.69, 9.17) is 9.47 Å². The number of carbonyl (C=O) groups is 1. The van der Waals surface area contributed by atoms with E-state index in [-0.39, 0.29) is 46.9 Å². The maximum atomic E-state index is 14.1. The second-order valence-electron chi connectivity index (χ2n) is 19.9. The molecule has 5 N–H and O–H groups in total. The molecule has 0 radical (unpaired) electrons. The third-order valence-electron chi connectivity index (χ3n) is 15.1. The summed E-state index contributed by atoms with van der Waals surface area (Å²) in [5, 5.41) is 29.7. The molecule has 2 aromatic carbocycles. The minimum atomic E-state index is -4.77. The number of amides is 1. The number of aromatic nitrogens is 3. The number of hydrogen-bond donors (Lipinski definition) is 5. The van der Waals surface area contributed by atoms with E-state index in [9.17, 15) is 28.4 Å². The zero-order chi connectivity index (χ0) is 46.7. The molecule has 10 rings (SSSR count). The Morgan fingerprint density at radius 1 is 1.04 bits per heavy atom. The third-order valence-corrected chi connectivity index (χ3v) is 16.3. The molecule has 0 unspecified atom stereocenters. The zero-order valence-electron chi connectivity index (χ0n) is 38.2. The Hall–Kier alpha value is -5.82. The van der Waals surface area contributed by atoms with Crippen LogP contribution in [0.25, 0.3) is 11.0 Å². The average molecular weight is 934 g/mol. The lowest BCUT2D eigenvalue weighted by Crippen LogP contribution is -2.59. The van der Waals surface area contributed by atoms with Crippen LogP contribution in [0.1, 0.15) is 106 Å². The minimum absolute atomic E-state index is 0.0275. The standard InChI is InChI=1S/C49H59N9O8S/c1-30(2)36-6-4-5-7-37(36)41-28-50-18-21-57(41)34-25-49(26-34)15-19-56(20-16-49)33-8-9-38(42(23-33)66-35-22-32-12-17-51-45(32)52-27-35)46(59)55-67(63,64)43-24-40(58(61)62)44-47(54-43)65-29-39(53-44)31-10-13-48(3,60)14-11-31/h4-9,12,17,22-24,27,30-31,34,39,41,50,53,60H,10-11,13-16,18-21,25-26,28-29H2,1-3H3,(H,51,52)(H,55,59)/t31-,39-,41+,48-/m1/s1. The second-order valence-corrected chi connectivity index (χ2v) is 21.5. The number of benzene rings is 2. The number of hydrogen-bond acceptors (Lipinski definition) is 14. The van der Waals surface area contributed by atoms with Gasteiger partial charge in [0.25, 0.3) is 15.9 Å². The number of piperidine rings is 1. The Balaban J connectivity index is 0.856. The largest absolute Gasteiger partial charge is 0.474 e. The number of anilines is 2. The van der Waals surface area contributed by atoms with Crippen molar-refractivity contribution in [2.24, 2.45) is 11.3 Å². The lowest BCUT2D eigenvalue weighted by molar-refractivity contribution is -0.384. The molecule has 5 aromatic rings. The van der Waals surface area contributed by atoms with Crippen molar-refractivity contribution in [3.63, 3.8) is 0 Å². The van der Waals surface area contributed by atoms with Crippen molar-refractivity contribution in [1.29, 1.82) is 0 Å². The molecule has 67 heavy (non-hydrogen) atoms. The number of aromatic amines is 1. The summed E-state index contributed by atoms with van der Waals surface area (Å²) in [6.45, 7) is 11.0. The van der Waals surface area contributed by atoms with E-state index in [1.165, 1.54) is 17.3 Å². The molecule has 2 aliphatic carbocycles. The van der Waals surface area contributed by atoms with Crippen LogP contribution in [0.4, 0.5) is 17.1 Å². The highest BCUT2D eigenvalue weighted by Gasteiger charge is 2.50. The van der Waals surface area contributed by atoms with Crippen molar-refractivity contribution < 1.29 is 32.7 Å². The fourth-order valence-corrected chi connectivity index (χ4v) is 12.2. The number of H-pyrrole nitrogens is 1. The van der Waals surface area contributed by atoms with Crippen molar-refractivity contribution in [2.75, 3.05) is 49.5 Å². The zero-order valence-corrected chi connectivity index (χ0v) is 39.0. The Morgan fingerprint density at radius 2 is 1.82 bits per heavy atom. The summed E-state index contributed by atoms with van der Waals surface area (Å²) < 4.78 is 42.2. The van der Waals surface area contributed by atoms with Crippen molar-refractivity contribution in [1.82, 2.24) is 29.9 Å². The molecule has 354 valence electrons. The fourth-order valence-electron chi connectivity index (χ4n) is 11.2. The first-order valence-electron chi connectivity index (χ1n) is 23.6. The van der Waals surface area contributed by atoms with Crippen LogP contribution in [-0.2, 0) is 10.0 Å². The van der Waals surface area contributed by atoms with Crippen molar-refractivity contribution in [3.05, 3.63) is 99.9 Å². The number of sulfonamides is 1. The van der Waals surface area contributed by atoms with Gasteiger partial charge in [0.05, 0.1) is 34.4 Å². The van der Waals surface area contributed by atoms with Gasteiger partial charge in [0.1, 0.15) is 23.8 Å². The summed E-state index contributed by atoms with van der Waals surface area (Å²) in [5.74, 6) is -0.260. The Labute approximate surface area is 390 Å². The molecule has 2 saturated heterocycles. The van der Waals surface area contributed by atoms with Crippen molar-refractivity contribution >= 4 is 44.0 Å². The second kappa shape index (κ2) is 17.7. The van der Waals surface area contributed by atoms with Crippen LogP contribution in [0.2, 0.25) is 0 Å². The van der Waals surface area contributed by atoms with Gasteiger partial charge in [0.2, 0.25) is 5.88 Å². The van der Waals surface area contributed by atoms with Crippen LogP contribution in [0.5, 0.6) is 17.4 Å². The molecule has 4 fully saturated rings. The van der Waals surface area contributed by atoms with Crippen LogP contribution < -0.4 is 29.7 Å². The smallest absolute Gasteiger partial charge is 0.300 e. The van der Waals surface area contributed by atoms with E-state index >= 15 is 0 Å². The molecule has 0 bridgehead atoms. The van der Waals surface area contributed by atoms with Gasteiger partial charge in [0, 0.05) is 68.1 Å². The monoisotopic (exact) mass is 933 g/mol. The van der Waals surface area contributed by atoms with Gasteiger partial charge in [-0.3, -0.25) is 19.8 Å². The van der Waals surface area contributed by atoms with Gasteiger partial charge < -0.3 is 35.1 Å². The van der Waals surface area contributed by atoms with E-state index in [1.807, 2.05) is 6.07 Å². The van der Waals surface area contributed by atoms with E-state index in [2.05, 4.69) is 78.2 Å². The highest BCUT2D eigenvalue weighted by molar-refractivity contribution is 7.90. The molecule has 1 amide bonds. The minimum Gasteiger partial charge on any atom is -0.474 e. The average Bonchev–Trinajstić information content (AvgIpc) is 3.78. The highest BCUT2D eigenvalue weighted by Crippen LogP contribution is 2.53. The summed E-state index contributed by atoms with van der Waals surface area (Å²) >= 11 is 0. The van der Waals surface area contributed by atoms with Gasteiger partial charge >= 0.3 is 5.69 Å². The SMILES string of the molecule is CC(C)c1ccccc1[C@@H]1CNCCN1C1CC2(CCN(c3ccc(C(=O)NS(=O)(=O)c4cc([N+](=O)[O-])c5c(n4)OC[C@H]([C@H]4CC[C@](C)(O)CC4)N5)c(Oc4cnc5[nH]ccc5c4)c3)CC2)C1. The number of nitrogens with zero attached hydrogens (tertiary/aromatic N) is 5. The predicted octanol–water partition coefficient (Wildman–Crippen LogP) is 7.41. The van der Waals surface area contributed by atoms with Gasteiger partial charge in [-0.2, -0.15) is 13.4 Å². The summed E-state index contributed by atoms with van der Waals surface area (Å²) in [5.41, 5.74) is 3.20. The number of nitro groups is 1. The highest BCUT2D eigenvalue weighted by atomic mass is 32.2. The number of aliphatic hydroxyl groups is 1. The summed E-state index contributed by atoms with van der Waals surface area (Å²) in [6, 6.07) is 19.0. The summed E-state index contributed by atoms with van der Waals surface area (Å²) in [7, 11) is -4.77. The van der Waals surface area contributed by atoms with Gasteiger partial charge in [0.15, 0.2) is 10.7 Å². The molecule has 1 spiro atoms. The third kappa shape index (κ3) is 9.03. The number of nitrogens with one attached hydrogen (secondary N) is 4. The van der Waals surface area contributed by atoms with Crippen LogP contribution >= 0.6 is 0 Å². The van der Waals surface area contributed by atoms with Gasteiger partial charge in [-0.1, -0.05) is 38.1 Å². The first-order chi connectivity index (χ1) is 32.1. The van der Waals surface area contributed by atoms with Gasteiger partial charge in [-0.25, -0.2) is 9.71 Å². The lowest BCUT2D eigenvalue weighted by atomic mass is 9.59. The fraction of sp³-hybridized carbons (Fsp3) is 0.490. The number of piperazine rings is 1. The first kappa shape index (κ1) is 45.0. The maximum absolute atomic E-state index is 14.1. The van der Waals surface area contributed by atoms with Crippen LogP contribution in [0, 0.1) is 21.4 Å². The Bertz CT molecular complexity index is 2790. The summed E-state index contributed by atoms with van der Waals surface area (Å²) in [4.78, 5) is 42.5. The van der Waals surface area contributed by atoms with E-state index in [0.29, 0.717) is 55.1 Å². The normalized spacial score (nSPS) is 24.4. The van der Waals surface area contributed by atoms with E-state index in [1.54, 1.807) is 37.4 Å². The molecule has 6 heterocycles. The van der Waals surface area contributed by atoms with Crippen molar-refractivity contribution in [2.45, 2.75) is 107 Å². The predicted molar refractivity (Wildman–Crippen MR) is 253 cm³/mol. The van der Waals surface area contributed by atoms with E-state index in [0.717, 1.165) is 75.5 Å². The van der Waals surface area contributed by atoms with Crippen LogP contribution in [-0.4, -0.2) is 101 Å². The molecule has 3 aromatic heterocycles. The molecule has 18 heteroatoms. The Kier molecular flexibility index (Phi) is 11.9. The van der Waals surface area contributed by atoms with Gasteiger partial charge in [-0.05, 0) is 111 Å². The number of rotatable bonds is 11. The topological polar surface area (TPSA) is 217 Å². The summed E-state index contributed by atoms with van der Waals surface area (Å²) in [6.07, 6.45) is 10.2. The number of carbonyl (C=O) groups excluding carboxylic acids is 1. The van der Waals surface area contributed by atoms with Crippen molar-refractivity contribution in [3.8, 4) is 17.4 Å². The van der Waals surface area contributed by atoms with E-state index < -0.39 is 37.2 Å². The first-order valence-corrected chi connectivity index (χ1v) is 25.1. The Morgan fingerprint density at radius 3 is 2.58 bits per heavy atom. The number of ether oxygens (including phenoxy) is 2.